The molecule has 8 heteroatoms. The summed E-state index contributed by atoms with van der Waals surface area (Å²) in [6, 6.07) is 23.2. The highest BCUT2D eigenvalue weighted by Gasteiger charge is 2.13. The van der Waals surface area contributed by atoms with Crippen molar-refractivity contribution in [2.24, 2.45) is 0 Å². The molecule has 0 unspecified atom stereocenters. The number of hydrogen-bond acceptors (Lipinski definition) is 7. The normalized spacial score (nSPS) is 11.0. The molecule has 0 fully saturated rings. The van der Waals surface area contributed by atoms with Gasteiger partial charge in [-0.25, -0.2) is 9.97 Å². The third-order valence-electron chi connectivity index (χ3n) is 5.45. The average molecular weight is 457 g/mol. The molecule has 8 nitrogen and oxygen atoms in total. The maximum atomic E-state index is 11.2. The smallest absolute Gasteiger partial charge is 0.271 e. The standard InChI is InChI=1S/C26H28N6O2/c1-31(2)16-6-15-27-25-26(29-23-14-13-22(32(33)34)17-24(23)30-25)28-18-19-9-11-21(12-10-19)20-7-4-3-5-8-20/h3-5,7-14,17H,6,15-16,18H2,1-2H3,(H,27,30)(H,28,29). The Balaban J connectivity index is 1.53. The fraction of sp³-hybridized carbons (Fsp3) is 0.231. The molecule has 0 amide bonds. The van der Waals surface area contributed by atoms with Crippen molar-refractivity contribution in [2.45, 2.75) is 13.0 Å². The molecule has 174 valence electrons. The highest BCUT2D eigenvalue weighted by atomic mass is 16.6. The summed E-state index contributed by atoms with van der Waals surface area (Å²) in [6.45, 7) is 2.23. The SMILES string of the molecule is CN(C)CCCNc1nc2cc([N+](=O)[O-])ccc2nc1NCc1ccc(-c2ccccc2)cc1. The van der Waals surface area contributed by atoms with E-state index in [2.05, 4.69) is 56.9 Å². The summed E-state index contributed by atoms with van der Waals surface area (Å²) in [5, 5.41) is 17.9. The number of rotatable bonds is 10. The van der Waals surface area contributed by atoms with E-state index < -0.39 is 4.92 Å². The average Bonchev–Trinajstić information content (AvgIpc) is 2.85. The largest absolute Gasteiger partial charge is 0.367 e. The summed E-state index contributed by atoms with van der Waals surface area (Å²) in [7, 11) is 4.07. The lowest BCUT2D eigenvalue weighted by atomic mass is 10.0. The van der Waals surface area contributed by atoms with Crippen molar-refractivity contribution >= 4 is 28.4 Å². The van der Waals surface area contributed by atoms with Gasteiger partial charge in [0, 0.05) is 25.2 Å². The first-order valence-electron chi connectivity index (χ1n) is 11.2. The highest BCUT2D eigenvalue weighted by Crippen LogP contribution is 2.25. The van der Waals surface area contributed by atoms with E-state index in [1.807, 2.05) is 32.3 Å². The Hall–Kier alpha value is -4.04. The minimum atomic E-state index is -0.420. The molecule has 4 aromatic rings. The summed E-state index contributed by atoms with van der Waals surface area (Å²) in [5.74, 6) is 1.21. The molecule has 0 radical (unpaired) electrons. The topological polar surface area (TPSA) is 96.2 Å². The molecule has 34 heavy (non-hydrogen) atoms. The lowest BCUT2D eigenvalue weighted by molar-refractivity contribution is -0.384. The second-order valence-corrected chi connectivity index (χ2v) is 8.35. The van der Waals surface area contributed by atoms with Crippen LogP contribution >= 0.6 is 0 Å². The maximum Gasteiger partial charge on any atom is 0.271 e. The van der Waals surface area contributed by atoms with Gasteiger partial charge in [0.2, 0.25) is 0 Å². The predicted molar refractivity (Wildman–Crippen MR) is 137 cm³/mol. The lowest BCUT2D eigenvalue weighted by Crippen LogP contribution is -2.17. The van der Waals surface area contributed by atoms with Crippen LogP contribution in [-0.2, 0) is 6.54 Å². The van der Waals surface area contributed by atoms with Crippen LogP contribution in [0.3, 0.4) is 0 Å². The van der Waals surface area contributed by atoms with Crippen LogP contribution in [0.1, 0.15) is 12.0 Å². The van der Waals surface area contributed by atoms with Gasteiger partial charge in [-0.1, -0.05) is 54.6 Å². The van der Waals surface area contributed by atoms with Gasteiger partial charge in [-0.3, -0.25) is 10.1 Å². The number of nitrogens with one attached hydrogen (secondary N) is 2. The summed E-state index contributed by atoms with van der Waals surface area (Å²) >= 11 is 0. The van der Waals surface area contributed by atoms with Gasteiger partial charge in [0.1, 0.15) is 0 Å². The van der Waals surface area contributed by atoms with Crippen LogP contribution in [0.4, 0.5) is 17.3 Å². The van der Waals surface area contributed by atoms with Crippen molar-refractivity contribution in [3.05, 3.63) is 88.5 Å². The van der Waals surface area contributed by atoms with E-state index in [4.69, 9.17) is 4.98 Å². The summed E-state index contributed by atoms with van der Waals surface area (Å²) < 4.78 is 0. The number of anilines is 2. The quantitative estimate of drug-likeness (QED) is 0.193. The van der Waals surface area contributed by atoms with Gasteiger partial charge < -0.3 is 15.5 Å². The van der Waals surface area contributed by atoms with Crippen molar-refractivity contribution in [1.29, 1.82) is 0 Å². The molecule has 0 aliphatic heterocycles. The third-order valence-corrected chi connectivity index (χ3v) is 5.45. The monoisotopic (exact) mass is 456 g/mol. The molecule has 3 aromatic carbocycles. The Labute approximate surface area is 198 Å². The molecule has 0 aliphatic carbocycles. The van der Waals surface area contributed by atoms with Crippen LogP contribution in [0, 0.1) is 10.1 Å². The Bertz CT molecular complexity index is 1260. The van der Waals surface area contributed by atoms with Crippen molar-refractivity contribution < 1.29 is 4.92 Å². The van der Waals surface area contributed by atoms with Gasteiger partial charge in [0.05, 0.1) is 16.0 Å². The zero-order chi connectivity index (χ0) is 23.9. The molecule has 0 saturated carbocycles. The fourth-order valence-corrected chi connectivity index (χ4v) is 3.64. The van der Waals surface area contributed by atoms with Crippen LogP contribution in [0.25, 0.3) is 22.2 Å². The molecule has 1 heterocycles. The molecular weight excluding hydrogens is 428 g/mol. The minimum Gasteiger partial charge on any atom is -0.367 e. The molecular formula is C26H28N6O2. The van der Waals surface area contributed by atoms with Crippen molar-refractivity contribution in [3.8, 4) is 11.1 Å². The zero-order valence-electron chi connectivity index (χ0n) is 19.4. The second kappa shape index (κ2) is 10.7. The molecule has 0 saturated heterocycles. The Morgan fingerprint density at radius 2 is 1.53 bits per heavy atom. The van der Waals surface area contributed by atoms with Crippen molar-refractivity contribution in [1.82, 2.24) is 14.9 Å². The fourth-order valence-electron chi connectivity index (χ4n) is 3.64. The molecule has 0 aliphatic rings. The van der Waals surface area contributed by atoms with Crippen LogP contribution in [0.2, 0.25) is 0 Å². The number of non-ortho nitro benzene ring substituents is 1. The van der Waals surface area contributed by atoms with Crippen LogP contribution in [0.5, 0.6) is 0 Å². The van der Waals surface area contributed by atoms with Gasteiger partial charge in [0.15, 0.2) is 11.6 Å². The number of fused-ring (bicyclic) bond motifs is 1. The van der Waals surface area contributed by atoms with Gasteiger partial charge >= 0.3 is 0 Å². The number of benzene rings is 3. The van der Waals surface area contributed by atoms with Crippen LogP contribution in [-0.4, -0.2) is 47.0 Å². The van der Waals surface area contributed by atoms with E-state index in [-0.39, 0.29) is 5.69 Å². The third kappa shape index (κ3) is 5.85. The van der Waals surface area contributed by atoms with Gasteiger partial charge in [-0.15, -0.1) is 0 Å². The van der Waals surface area contributed by atoms with E-state index in [9.17, 15) is 10.1 Å². The minimum absolute atomic E-state index is 0.000396. The zero-order valence-corrected chi connectivity index (χ0v) is 19.4. The molecule has 0 bridgehead atoms. The second-order valence-electron chi connectivity index (χ2n) is 8.35. The number of nitro benzene ring substituents is 1. The van der Waals surface area contributed by atoms with Crippen molar-refractivity contribution in [3.63, 3.8) is 0 Å². The molecule has 0 spiro atoms. The molecule has 1 aromatic heterocycles. The molecule has 2 N–H and O–H groups in total. The summed E-state index contributed by atoms with van der Waals surface area (Å²) in [5.41, 5.74) is 4.55. The van der Waals surface area contributed by atoms with E-state index in [0.29, 0.717) is 35.8 Å². The maximum absolute atomic E-state index is 11.2. The number of nitrogens with zero attached hydrogens (tertiary/aromatic N) is 4. The van der Waals surface area contributed by atoms with E-state index >= 15 is 0 Å². The van der Waals surface area contributed by atoms with E-state index in [1.54, 1.807) is 6.07 Å². The first-order valence-corrected chi connectivity index (χ1v) is 11.2. The first kappa shape index (κ1) is 23.1. The van der Waals surface area contributed by atoms with E-state index in [0.717, 1.165) is 18.5 Å². The number of nitro groups is 1. The summed E-state index contributed by atoms with van der Waals surface area (Å²) in [6.07, 6.45) is 0.933. The Kier molecular flexibility index (Phi) is 7.29. The predicted octanol–water partition coefficient (Wildman–Crippen LogP) is 5.18. The highest BCUT2D eigenvalue weighted by molar-refractivity contribution is 5.82. The van der Waals surface area contributed by atoms with Gasteiger partial charge in [-0.2, -0.15) is 0 Å². The Morgan fingerprint density at radius 3 is 2.24 bits per heavy atom. The number of aromatic nitrogens is 2. The van der Waals surface area contributed by atoms with Gasteiger partial charge in [-0.05, 0) is 49.8 Å². The molecule has 4 rings (SSSR count). The van der Waals surface area contributed by atoms with Gasteiger partial charge in [0.25, 0.3) is 5.69 Å². The lowest BCUT2D eigenvalue weighted by Gasteiger charge is -2.15. The summed E-state index contributed by atoms with van der Waals surface area (Å²) in [4.78, 5) is 22.2. The first-order chi connectivity index (χ1) is 16.5. The van der Waals surface area contributed by atoms with E-state index in [1.165, 1.54) is 23.3 Å². The van der Waals surface area contributed by atoms with Crippen molar-refractivity contribution in [2.75, 3.05) is 37.8 Å². The Morgan fingerprint density at radius 1 is 0.853 bits per heavy atom. The molecule has 0 atom stereocenters. The number of hydrogen-bond donors (Lipinski definition) is 2. The van der Waals surface area contributed by atoms with Crippen LogP contribution in [0.15, 0.2) is 72.8 Å². The van der Waals surface area contributed by atoms with Crippen LogP contribution < -0.4 is 10.6 Å².